The first-order chi connectivity index (χ1) is 6.54. The molecule has 0 aliphatic carbocycles. The number of hydrogen-bond acceptors (Lipinski definition) is 1. The predicted molar refractivity (Wildman–Crippen MR) is 60.2 cm³/mol. The largest absolute Gasteiger partial charge is 0.193 e. The highest BCUT2D eigenvalue weighted by Gasteiger charge is 2.04. The molecule has 0 saturated heterocycles. The van der Waals surface area contributed by atoms with Crippen LogP contribution >= 0.6 is 23.2 Å². The smallest absolute Gasteiger partial charge is 0.0959 e. The molecule has 0 heterocycles. The second kappa shape index (κ2) is 4.50. The Morgan fingerprint density at radius 3 is 2.50 bits per heavy atom. The van der Waals surface area contributed by atoms with E-state index < -0.39 is 0 Å². The maximum atomic E-state index is 8.68. The molecule has 3 heteroatoms. The van der Waals surface area contributed by atoms with Gasteiger partial charge in [0.05, 0.1) is 11.1 Å². The molecule has 0 aromatic heterocycles. The van der Waals surface area contributed by atoms with Gasteiger partial charge in [-0.1, -0.05) is 29.3 Å². The molecule has 0 saturated carbocycles. The average molecular weight is 226 g/mol. The van der Waals surface area contributed by atoms with Gasteiger partial charge in [-0.3, -0.25) is 0 Å². The van der Waals surface area contributed by atoms with Crippen molar-refractivity contribution in [1.82, 2.24) is 0 Å². The van der Waals surface area contributed by atoms with E-state index in [4.69, 9.17) is 28.5 Å². The van der Waals surface area contributed by atoms with Crippen LogP contribution < -0.4 is 0 Å². The molecule has 1 aromatic rings. The lowest BCUT2D eigenvalue weighted by Gasteiger charge is -2.03. The number of aryl methyl sites for hydroxylation is 1. The van der Waals surface area contributed by atoms with Crippen LogP contribution in [0.3, 0.4) is 0 Å². The zero-order chi connectivity index (χ0) is 10.7. The lowest BCUT2D eigenvalue weighted by molar-refractivity contribution is 1.43. The molecule has 0 unspecified atom stereocenters. The van der Waals surface area contributed by atoms with Gasteiger partial charge in [-0.2, -0.15) is 5.26 Å². The molecule has 0 bridgehead atoms. The number of hydrogen-bond donors (Lipinski definition) is 0. The lowest BCUT2D eigenvalue weighted by Crippen LogP contribution is -1.83. The van der Waals surface area contributed by atoms with E-state index in [1.165, 1.54) is 0 Å². The third kappa shape index (κ3) is 2.51. The van der Waals surface area contributed by atoms with Crippen molar-refractivity contribution in [3.05, 3.63) is 39.9 Å². The van der Waals surface area contributed by atoms with Crippen LogP contribution in [-0.2, 0) is 0 Å². The van der Waals surface area contributed by atoms with Gasteiger partial charge in [0.25, 0.3) is 0 Å². The Labute approximate surface area is 93.6 Å². The highest BCUT2D eigenvalue weighted by molar-refractivity contribution is 6.49. The lowest BCUT2D eigenvalue weighted by atomic mass is 10.1. The minimum absolute atomic E-state index is 0.457. The number of rotatable bonds is 1. The van der Waals surface area contributed by atoms with E-state index in [0.717, 1.165) is 11.1 Å². The molecule has 1 aromatic carbocycles. The van der Waals surface area contributed by atoms with Crippen molar-refractivity contribution in [2.75, 3.05) is 0 Å². The Bertz CT molecular complexity index is 407. The normalized spacial score (nSPS) is 11.9. The van der Waals surface area contributed by atoms with Gasteiger partial charge in [-0.05, 0) is 37.1 Å². The van der Waals surface area contributed by atoms with Crippen LogP contribution in [-0.4, -0.2) is 0 Å². The van der Waals surface area contributed by atoms with Gasteiger partial charge in [0, 0.05) is 10.6 Å². The topological polar surface area (TPSA) is 23.8 Å². The molecule has 0 aliphatic rings. The van der Waals surface area contributed by atoms with Crippen LogP contribution in [0.2, 0.25) is 5.02 Å². The Kier molecular flexibility index (Phi) is 3.57. The number of nitrogens with zero attached hydrogens (tertiary/aromatic N) is 1. The van der Waals surface area contributed by atoms with Gasteiger partial charge >= 0.3 is 0 Å². The fourth-order valence-electron chi connectivity index (χ4n) is 1.13. The molecule has 0 radical (unpaired) electrons. The zero-order valence-electron chi connectivity index (χ0n) is 7.94. The molecule has 0 aliphatic heterocycles. The van der Waals surface area contributed by atoms with Gasteiger partial charge < -0.3 is 0 Å². The first kappa shape index (κ1) is 11.1. The van der Waals surface area contributed by atoms with Gasteiger partial charge in [0.15, 0.2) is 0 Å². The number of halogens is 2. The third-order valence-corrected chi connectivity index (χ3v) is 2.51. The maximum absolute atomic E-state index is 8.68. The molecule has 72 valence electrons. The standard InChI is InChI=1S/C11H9Cl2N/c1-7-3-9(5-10(12)4-7)11(13)8(2)6-14/h3-5H,1-2H3/b11-8-. The quantitative estimate of drug-likeness (QED) is 0.660. The molecule has 0 N–H and O–H groups in total. The summed E-state index contributed by atoms with van der Waals surface area (Å²) in [6, 6.07) is 7.50. The summed E-state index contributed by atoms with van der Waals surface area (Å²) in [4.78, 5) is 0. The molecule has 0 atom stereocenters. The SMILES string of the molecule is C/C(C#N)=C(/Cl)c1cc(C)cc(Cl)c1. The van der Waals surface area contributed by atoms with E-state index in [2.05, 4.69) is 0 Å². The minimum Gasteiger partial charge on any atom is -0.193 e. The summed E-state index contributed by atoms with van der Waals surface area (Å²) < 4.78 is 0. The third-order valence-electron chi connectivity index (χ3n) is 1.79. The second-order valence-corrected chi connectivity index (χ2v) is 3.88. The van der Waals surface area contributed by atoms with Crippen LogP contribution in [0, 0.1) is 18.3 Å². The van der Waals surface area contributed by atoms with Gasteiger partial charge in [-0.15, -0.1) is 0 Å². The van der Waals surface area contributed by atoms with Crippen LogP contribution in [0.4, 0.5) is 0 Å². The highest BCUT2D eigenvalue weighted by Crippen LogP contribution is 2.26. The zero-order valence-corrected chi connectivity index (χ0v) is 9.45. The van der Waals surface area contributed by atoms with Gasteiger partial charge in [-0.25, -0.2) is 0 Å². The Morgan fingerprint density at radius 2 is 2.00 bits per heavy atom. The molecule has 0 spiro atoms. The van der Waals surface area contributed by atoms with Crippen molar-refractivity contribution in [3.63, 3.8) is 0 Å². The molecule has 0 fully saturated rings. The summed E-state index contributed by atoms with van der Waals surface area (Å²) in [5, 5.41) is 9.76. The summed E-state index contributed by atoms with van der Waals surface area (Å²) in [5.74, 6) is 0. The molecule has 1 rings (SSSR count). The Hall–Kier alpha value is -0.970. The van der Waals surface area contributed by atoms with E-state index in [-0.39, 0.29) is 0 Å². The van der Waals surface area contributed by atoms with E-state index in [0.29, 0.717) is 15.6 Å². The first-order valence-corrected chi connectivity index (χ1v) is 4.84. The summed E-state index contributed by atoms with van der Waals surface area (Å²) in [7, 11) is 0. The van der Waals surface area contributed by atoms with E-state index in [1.54, 1.807) is 13.0 Å². The van der Waals surface area contributed by atoms with Crippen molar-refractivity contribution in [1.29, 1.82) is 5.26 Å². The fourth-order valence-corrected chi connectivity index (χ4v) is 1.57. The summed E-state index contributed by atoms with van der Waals surface area (Å²) in [6.45, 7) is 3.61. The van der Waals surface area contributed by atoms with Crippen LogP contribution in [0.5, 0.6) is 0 Å². The molecular formula is C11H9Cl2N. The van der Waals surface area contributed by atoms with Crippen molar-refractivity contribution in [2.45, 2.75) is 13.8 Å². The average Bonchev–Trinajstić information content (AvgIpc) is 2.14. The predicted octanol–water partition coefficient (Wildman–Crippen LogP) is 4.14. The molecule has 0 amide bonds. The molecule has 14 heavy (non-hydrogen) atoms. The second-order valence-electron chi connectivity index (χ2n) is 3.07. The molecule has 1 nitrogen and oxygen atoms in total. The Balaban J connectivity index is 3.28. The summed E-state index contributed by atoms with van der Waals surface area (Å²) in [6.07, 6.45) is 0. The van der Waals surface area contributed by atoms with E-state index in [9.17, 15) is 0 Å². The fraction of sp³-hybridized carbons (Fsp3) is 0.182. The van der Waals surface area contributed by atoms with Crippen LogP contribution in [0.1, 0.15) is 18.1 Å². The summed E-state index contributed by atoms with van der Waals surface area (Å²) in [5.41, 5.74) is 2.31. The number of allylic oxidation sites excluding steroid dienone is 1. The monoisotopic (exact) mass is 225 g/mol. The van der Waals surface area contributed by atoms with Crippen molar-refractivity contribution < 1.29 is 0 Å². The molecular weight excluding hydrogens is 217 g/mol. The van der Waals surface area contributed by atoms with E-state index in [1.807, 2.05) is 25.1 Å². The maximum Gasteiger partial charge on any atom is 0.0959 e. The summed E-state index contributed by atoms with van der Waals surface area (Å²) >= 11 is 11.9. The highest BCUT2D eigenvalue weighted by atomic mass is 35.5. The van der Waals surface area contributed by atoms with E-state index >= 15 is 0 Å². The van der Waals surface area contributed by atoms with Gasteiger partial charge in [0.1, 0.15) is 0 Å². The van der Waals surface area contributed by atoms with Crippen molar-refractivity contribution >= 4 is 28.2 Å². The van der Waals surface area contributed by atoms with Crippen molar-refractivity contribution in [3.8, 4) is 6.07 Å². The van der Waals surface area contributed by atoms with Crippen molar-refractivity contribution in [2.24, 2.45) is 0 Å². The van der Waals surface area contributed by atoms with Gasteiger partial charge in [0.2, 0.25) is 0 Å². The minimum atomic E-state index is 0.457. The Morgan fingerprint density at radius 1 is 1.36 bits per heavy atom. The first-order valence-electron chi connectivity index (χ1n) is 4.08. The van der Waals surface area contributed by atoms with Crippen LogP contribution in [0.25, 0.3) is 5.03 Å². The number of nitriles is 1. The van der Waals surface area contributed by atoms with Crippen LogP contribution in [0.15, 0.2) is 23.8 Å². The number of benzene rings is 1.